The highest BCUT2D eigenvalue weighted by atomic mass is 35.5. The van der Waals surface area contributed by atoms with E-state index in [1.54, 1.807) is 4.90 Å². The van der Waals surface area contributed by atoms with Crippen molar-refractivity contribution >= 4 is 35.1 Å². The second-order valence-electron chi connectivity index (χ2n) is 6.89. The number of fused-ring (bicyclic) bond motifs is 1. The first-order valence-corrected chi connectivity index (χ1v) is 9.53. The van der Waals surface area contributed by atoms with Gasteiger partial charge in [0.1, 0.15) is 0 Å². The van der Waals surface area contributed by atoms with Gasteiger partial charge in [0.2, 0.25) is 11.9 Å². The van der Waals surface area contributed by atoms with Crippen LogP contribution in [-0.4, -0.2) is 52.4 Å². The Morgan fingerprint density at radius 2 is 2.04 bits per heavy atom. The highest BCUT2D eigenvalue weighted by Gasteiger charge is 2.29. The number of nitrogens with one attached hydrogen (secondary N) is 1. The predicted molar refractivity (Wildman–Crippen MR) is 108 cm³/mol. The third-order valence-corrected chi connectivity index (χ3v) is 5.29. The summed E-state index contributed by atoms with van der Waals surface area (Å²) in [5.41, 5.74) is 2.47. The number of aromatic nitrogens is 2. The largest absolute Gasteiger partial charge is 0.350 e. The van der Waals surface area contributed by atoms with Crippen LogP contribution in [0.1, 0.15) is 22.3 Å². The fraction of sp³-hybridized carbons (Fsp3) is 0.300. The van der Waals surface area contributed by atoms with Gasteiger partial charge in [-0.25, -0.2) is 9.97 Å². The summed E-state index contributed by atoms with van der Waals surface area (Å²) in [7, 11) is 0. The van der Waals surface area contributed by atoms with Gasteiger partial charge in [-0.3, -0.25) is 9.59 Å². The van der Waals surface area contributed by atoms with Gasteiger partial charge in [-0.1, -0.05) is 24.2 Å². The zero-order chi connectivity index (χ0) is 19.7. The summed E-state index contributed by atoms with van der Waals surface area (Å²) in [6, 6.07) is 5.67. The first-order valence-electron chi connectivity index (χ1n) is 9.15. The third kappa shape index (κ3) is 3.57. The van der Waals surface area contributed by atoms with E-state index >= 15 is 0 Å². The Bertz CT molecular complexity index is 931. The van der Waals surface area contributed by atoms with Crippen LogP contribution < -0.4 is 10.2 Å². The molecule has 0 spiro atoms. The number of halogens is 1. The van der Waals surface area contributed by atoms with Crippen molar-refractivity contribution in [1.82, 2.24) is 14.9 Å². The maximum absolute atomic E-state index is 13.0. The lowest BCUT2D eigenvalue weighted by molar-refractivity contribution is -0.114. The fourth-order valence-electron chi connectivity index (χ4n) is 3.67. The van der Waals surface area contributed by atoms with Crippen LogP contribution in [0.3, 0.4) is 0 Å². The summed E-state index contributed by atoms with van der Waals surface area (Å²) in [6.45, 7) is 5.39. The van der Waals surface area contributed by atoms with E-state index in [1.165, 1.54) is 18.5 Å². The monoisotopic (exact) mass is 397 g/mol. The Labute approximate surface area is 168 Å². The van der Waals surface area contributed by atoms with Crippen molar-refractivity contribution in [2.75, 3.05) is 29.9 Å². The minimum absolute atomic E-state index is 0.0398. The molecule has 2 aliphatic heterocycles. The fourth-order valence-corrected chi connectivity index (χ4v) is 3.76. The molecule has 2 aromatic rings. The molecule has 1 aromatic heterocycles. The molecule has 0 radical (unpaired) electrons. The number of benzene rings is 1. The average molecular weight is 398 g/mol. The highest BCUT2D eigenvalue weighted by Crippen LogP contribution is 2.30. The van der Waals surface area contributed by atoms with Crippen molar-refractivity contribution in [3.8, 4) is 0 Å². The van der Waals surface area contributed by atoms with Crippen LogP contribution in [0.5, 0.6) is 0 Å². The maximum Gasteiger partial charge on any atom is 0.254 e. The van der Waals surface area contributed by atoms with Crippen molar-refractivity contribution in [3.63, 3.8) is 0 Å². The van der Waals surface area contributed by atoms with Gasteiger partial charge >= 0.3 is 0 Å². The van der Waals surface area contributed by atoms with Crippen molar-refractivity contribution in [2.45, 2.75) is 18.9 Å². The number of amides is 2. The molecule has 28 heavy (non-hydrogen) atoms. The summed E-state index contributed by atoms with van der Waals surface area (Å²) < 4.78 is 0. The van der Waals surface area contributed by atoms with Gasteiger partial charge in [0, 0.05) is 36.9 Å². The molecule has 0 unspecified atom stereocenters. The SMILES string of the molecule is C=CC(=O)N1CCc2ccc(C(=O)N3CC[C@@H](Nc4ncc(Cl)cn4)C3)cc21. The molecule has 0 aliphatic carbocycles. The molecular weight excluding hydrogens is 378 g/mol. The van der Waals surface area contributed by atoms with Crippen molar-refractivity contribution < 1.29 is 9.59 Å². The molecule has 3 heterocycles. The first kappa shape index (κ1) is 18.4. The molecule has 1 atom stereocenters. The Morgan fingerprint density at radius 1 is 1.25 bits per heavy atom. The summed E-state index contributed by atoms with van der Waals surface area (Å²) in [5.74, 6) is 0.318. The van der Waals surface area contributed by atoms with Gasteiger partial charge in [-0.15, -0.1) is 0 Å². The second kappa shape index (κ2) is 7.59. The van der Waals surface area contributed by atoms with Gasteiger partial charge in [-0.05, 0) is 36.6 Å². The Kier molecular flexibility index (Phi) is 5.00. The van der Waals surface area contributed by atoms with Gasteiger partial charge in [-0.2, -0.15) is 0 Å². The molecule has 2 aliphatic rings. The minimum Gasteiger partial charge on any atom is -0.350 e. The van der Waals surface area contributed by atoms with E-state index in [2.05, 4.69) is 21.9 Å². The molecule has 1 saturated heterocycles. The lowest BCUT2D eigenvalue weighted by Gasteiger charge is -2.19. The number of anilines is 2. The zero-order valence-electron chi connectivity index (χ0n) is 15.3. The number of hydrogen-bond donors (Lipinski definition) is 1. The number of hydrogen-bond acceptors (Lipinski definition) is 5. The minimum atomic E-state index is -0.142. The molecule has 1 fully saturated rings. The molecule has 0 bridgehead atoms. The second-order valence-corrected chi connectivity index (χ2v) is 7.33. The smallest absolute Gasteiger partial charge is 0.254 e. The summed E-state index contributed by atoms with van der Waals surface area (Å²) in [5, 5.41) is 3.72. The van der Waals surface area contributed by atoms with Gasteiger partial charge in [0.05, 0.1) is 17.4 Å². The Balaban J connectivity index is 1.45. The lowest BCUT2D eigenvalue weighted by Crippen LogP contribution is -2.32. The van der Waals surface area contributed by atoms with E-state index in [9.17, 15) is 9.59 Å². The van der Waals surface area contributed by atoms with Crippen LogP contribution in [0.25, 0.3) is 0 Å². The number of likely N-dealkylation sites (tertiary alicyclic amines) is 1. The molecule has 1 aromatic carbocycles. The lowest BCUT2D eigenvalue weighted by atomic mass is 10.1. The van der Waals surface area contributed by atoms with Gasteiger partial charge < -0.3 is 15.1 Å². The van der Waals surface area contributed by atoms with Crippen LogP contribution in [-0.2, 0) is 11.2 Å². The number of carbonyl (C=O) groups is 2. The van der Waals surface area contributed by atoms with Crippen molar-refractivity contribution in [3.05, 3.63) is 59.4 Å². The van der Waals surface area contributed by atoms with Crippen LogP contribution in [0.15, 0.2) is 43.2 Å². The standard InChI is InChI=1S/C20H20ClN5O2/c1-2-18(27)26-8-5-13-3-4-14(9-17(13)26)19(28)25-7-6-16(12-25)24-20-22-10-15(21)11-23-20/h2-4,9-11,16H,1,5-8,12H2,(H,22,23,24)/t16-/m1/s1. The van der Waals surface area contributed by atoms with Crippen LogP contribution in [0.4, 0.5) is 11.6 Å². The Morgan fingerprint density at radius 3 is 2.79 bits per heavy atom. The third-order valence-electron chi connectivity index (χ3n) is 5.10. The first-order chi connectivity index (χ1) is 13.5. The zero-order valence-corrected chi connectivity index (χ0v) is 16.0. The predicted octanol–water partition coefficient (Wildman–Crippen LogP) is 2.53. The molecule has 8 heteroatoms. The van der Waals surface area contributed by atoms with E-state index in [0.29, 0.717) is 36.2 Å². The molecule has 1 N–H and O–H groups in total. The van der Waals surface area contributed by atoms with Gasteiger partial charge in [0.25, 0.3) is 5.91 Å². The van der Waals surface area contributed by atoms with E-state index in [4.69, 9.17) is 11.6 Å². The molecule has 2 amide bonds. The number of nitrogens with zero attached hydrogens (tertiary/aromatic N) is 4. The summed E-state index contributed by atoms with van der Waals surface area (Å²) >= 11 is 5.80. The number of carbonyl (C=O) groups excluding carboxylic acids is 2. The van der Waals surface area contributed by atoms with Crippen molar-refractivity contribution in [2.24, 2.45) is 0 Å². The normalized spacial score (nSPS) is 18.1. The topological polar surface area (TPSA) is 78.4 Å². The van der Waals surface area contributed by atoms with E-state index in [-0.39, 0.29) is 17.9 Å². The maximum atomic E-state index is 13.0. The molecular formula is C20H20ClN5O2. The summed E-state index contributed by atoms with van der Waals surface area (Å²) in [4.78, 5) is 36.8. The summed E-state index contributed by atoms with van der Waals surface area (Å²) in [6.07, 6.45) is 5.98. The van der Waals surface area contributed by atoms with E-state index in [0.717, 1.165) is 24.1 Å². The van der Waals surface area contributed by atoms with Gasteiger partial charge in [0.15, 0.2) is 0 Å². The van der Waals surface area contributed by atoms with Crippen LogP contribution in [0, 0.1) is 0 Å². The molecule has 7 nitrogen and oxygen atoms in total. The number of rotatable bonds is 4. The van der Waals surface area contributed by atoms with E-state index < -0.39 is 0 Å². The average Bonchev–Trinajstić information content (AvgIpc) is 3.35. The van der Waals surface area contributed by atoms with Crippen LogP contribution >= 0.6 is 11.6 Å². The Hall–Kier alpha value is -2.93. The molecule has 144 valence electrons. The van der Waals surface area contributed by atoms with E-state index in [1.807, 2.05) is 23.1 Å². The molecule has 4 rings (SSSR count). The quantitative estimate of drug-likeness (QED) is 0.802. The molecule has 0 saturated carbocycles. The van der Waals surface area contributed by atoms with Crippen LogP contribution in [0.2, 0.25) is 5.02 Å². The highest BCUT2D eigenvalue weighted by molar-refractivity contribution is 6.30. The van der Waals surface area contributed by atoms with Crippen molar-refractivity contribution in [1.29, 1.82) is 0 Å².